The van der Waals surface area contributed by atoms with Crippen LogP contribution >= 0.6 is 0 Å². The second-order valence-electron chi connectivity index (χ2n) is 5.64. The highest BCUT2D eigenvalue weighted by Crippen LogP contribution is 2.35. The fraction of sp³-hybridized carbons (Fsp3) is 0.167. The molecule has 6 heteroatoms. The van der Waals surface area contributed by atoms with Crippen LogP contribution < -0.4 is 10.2 Å². The summed E-state index contributed by atoms with van der Waals surface area (Å²) in [5.41, 5.74) is -0.0783. The van der Waals surface area contributed by atoms with Gasteiger partial charge < -0.3 is 24.5 Å². The van der Waals surface area contributed by atoms with Crippen LogP contribution in [0.25, 0.3) is 22.3 Å². The van der Waals surface area contributed by atoms with E-state index in [0.717, 1.165) is 0 Å². The Morgan fingerprint density at radius 2 is 1.75 bits per heavy atom. The summed E-state index contributed by atoms with van der Waals surface area (Å²) < 4.78 is 11.2. The lowest BCUT2D eigenvalue weighted by atomic mass is 10.1. The molecule has 0 radical (unpaired) electrons. The van der Waals surface area contributed by atoms with E-state index in [9.17, 15) is 20.1 Å². The van der Waals surface area contributed by atoms with Gasteiger partial charge in [0, 0.05) is 11.6 Å². The molecule has 6 nitrogen and oxygen atoms in total. The molecule has 2 aromatic carbocycles. The number of hydrogen-bond acceptors (Lipinski definition) is 6. The molecule has 0 aliphatic rings. The molecule has 24 heavy (non-hydrogen) atoms. The van der Waals surface area contributed by atoms with Crippen LogP contribution in [-0.2, 0) is 0 Å². The van der Waals surface area contributed by atoms with Gasteiger partial charge in [-0.3, -0.25) is 4.79 Å². The van der Waals surface area contributed by atoms with Crippen molar-refractivity contribution in [1.29, 1.82) is 0 Å². The maximum Gasteiger partial charge on any atom is 0.235 e. The lowest BCUT2D eigenvalue weighted by molar-refractivity contribution is 0.242. The number of benzene rings is 2. The van der Waals surface area contributed by atoms with Crippen molar-refractivity contribution in [3.05, 3.63) is 46.6 Å². The van der Waals surface area contributed by atoms with Gasteiger partial charge in [0.2, 0.25) is 11.2 Å². The Balaban J connectivity index is 2.22. The van der Waals surface area contributed by atoms with E-state index in [1.807, 2.05) is 13.8 Å². The first-order chi connectivity index (χ1) is 11.4. The van der Waals surface area contributed by atoms with Gasteiger partial charge in [0.15, 0.2) is 17.3 Å². The molecule has 3 aromatic rings. The van der Waals surface area contributed by atoms with Crippen molar-refractivity contribution in [3.8, 4) is 34.3 Å². The molecular formula is C18H16O6. The van der Waals surface area contributed by atoms with E-state index in [1.54, 1.807) is 12.1 Å². The summed E-state index contributed by atoms with van der Waals surface area (Å²) in [6.45, 7) is 3.75. The molecule has 1 heterocycles. The molecule has 0 aliphatic carbocycles. The summed E-state index contributed by atoms with van der Waals surface area (Å²) in [5.74, 6) is -0.819. The average Bonchev–Trinajstić information content (AvgIpc) is 2.53. The number of fused-ring (bicyclic) bond motifs is 1. The molecule has 0 bridgehead atoms. The third kappa shape index (κ3) is 2.74. The van der Waals surface area contributed by atoms with E-state index in [0.29, 0.717) is 5.75 Å². The van der Waals surface area contributed by atoms with Crippen LogP contribution in [0.5, 0.6) is 23.0 Å². The Kier molecular flexibility index (Phi) is 3.81. The molecule has 0 fully saturated rings. The van der Waals surface area contributed by atoms with E-state index in [1.165, 1.54) is 24.3 Å². The van der Waals surface area contributed by atoms with E-state index in [4.69, 9.17) is 9.15 Å². The van der Waals surface area contributed by atoms with Crippen molar-refractivity contribution >= 4 is 11.0 Å². The van der Waals surface area contributed by atoms with Crippen LogP contribution in [0.2, 0.25) is 0 Å². The van der Waals surface area contributed by atoms with Crippen LogP contribution in [-0.4, -0.2) is 21.4 Å². The molecule has 3 N–H and O–H groups in total. The first-order valence-electron chi connectivity index (χ1n) is 7.35. The average molecular weight is 328 g/mol. The second-order valence-corrected chi connectivity index (χ2v) is 5.64. The minimum Gasteiger partial charge on any atom is -0.504 e. The molecule has 0 amide bonds. The monoisotopic (exact) mass is 328 g/mol. The van der Waals surface area contributed by atoms with Gasteiger partial charge in [0.1, 0.15) is 11.3 Å². The fourth-order valence-corrected chi connectivity index (χ4v) is 2.37. The topological polar surface area (TPSA) is 100 Å². The van der Waals surface area contributed by atoms with E-state index < -0.39 is 11.2 Å². The van der Waals surface area contributed by atoms with Crippen LogP contribution in [0.15, 0.2) is 45.6 Å². The number of hydrogen-bond donors (Lipinski definition) is 3. The van der Waals surface area contributed by atoms with E-state index >= 15 is 0 Å². The quantitative estimate of drug-likeness (QED) is 0.637. The highest BCUT2D eigenvalue weighted by Gasteiger charge is 2.17. The van der Waals surface area contributed by atoms with Gasteiger partial charge in [-0.25, -0.2) is 0 Å². The molecule has 0 aliphatic heterocycles. The van der Waals surface area contributed by atoms with Gasteiger partial charge in [-0.15, -0.1) is 0 Å². The number of rotatable bonds is 3. The molecule has 124 valence electrons. The van der Waals surface area contributed by atoms with Crippen molar-refractivity contribution in [2.45, 2.75) is 20.0 Å². The summed E-state index contributed by atoms with van der Waals surface area (Å²) in [4.78, 5) is 12.3. The minimum atomic E-state index is -0.588. The van der Waals surface area contributed by atoms with Gasteiger partial charge in [-0.1, -0.05) is 0 Å². The van der Waals surface area contributed by atoms with Gasteiger partial charge >= 0.3 is 0 Å². The molecular weight excluding hydrogens is 312 g/mol. The molecule has 0 unspecified atom stereocenters. The van der Waals surface area contributed by atoms with E-state index in [-0.39, 0.29) is 39.9 Å². The molecule has 0 saturated heterocycles. The Bertz CT molecular complexity index is 971. The predicted molar refractivity (Wildman–Crippen MR) is 88.7 cm³/mol. The number of phenols is 2. The summed E-state index contributed by atoms with van der Waals surface area (Å²) >= 11 is 0. The van der Waals surface area contributed by atoms with Crippen LogP contribution in [0, 0.1) is 0 Å². The Hall–Kier alpha value is -3.15. The maximum absolute atomic E-state index is 12.3. The van der Waals surface area contributed by atoms with Crippen molar-refractivity contribution in [2.75, 3.05) is 0 Å². The van der Waals surface area contributed by atoms with Crippen LogP contribution in [0.4, 0.5) is 0 Å². The smallest absolute Gasteiger partial charge is 0.235 e. The zero-order chi connectivity index (χ0) is 17.4. The zero-order valence-electron chi connectivity index (χ0n) is 13.1. The van der Waals surface area contributed by atoms with Crippen molar-refractivity contribution in [2.24, 2.45) is 0 Å². The normalized spacial score (nSPS) is 11.1. The highest BCUT2D eigenvalue weighted by atomic mass is 16.5. The van der Waals surface area contributed by atoms with Crippen molar-refractivity contribution in [3.63, 3.8) is 0 Å². The van der Waals surface area contributed by atoms with E-state index in [2.05, 4.69) is 0 Å². The maximum atomic E-state index is 12.3. The predicted octanol–water partition coefficient (Wildman–Crippen LogP) is 3.36. The number of ether oxygens (including phenoxy) is 1. The van der Waals surface area contributed by atoms with Crippen LogP contribution in [0.1, 0.15) is 13.8 Å². The summed E-state index contributed by atoms with van der Waals surface area (Å²) in [6.07, 6.45) is -0.0418. The Labute approximate surface area is 137 Å². The van der Waals surface area contributed by atoms with Gasteiger partial charge in [-0.2, -0.15) is 0 Å². The first-order valence-corrected chi connectivity index (χ1v) is 7.35. The lowest BCUT2D eigenvalue weighted by Gasteiger charge is -2.11. The van der Waals surface area contributed by atoms with Crippen molar-refractivity contribution < 1.29 is 24.5 Å². The first kappa shape index (κ1) is 15.7. The minimum absolute atomic E-state index is 0.0418. The highest BCUT2D eigenvalue weighted by molar-refractivity contribution is 5.83. The molecule has 0 atom stereocenters. The summed E-state index contributed by atoms with van der Waals surface area (Å²) in [7, 11) is 0. The number of phenolic OH excluding ortho intramolecular Hbond substituents is 2. The molecule has 0 spiro atoms. The molecule has 1 aromatic heterocycles. The largest absolute Gasteiger partial charge is 0.504 e. The lowest BCUT2D eigenvalue weighted by Crippen LogP contribution is -2.06. The van der Waals surface area contributed by atoms with Gasteiger partial charge in [0.05, 0.1) is 11.5 Å². The molecule has 3 rings (SSSR count). The molecule has 0 saturated carbocycles. The summed E-state index contributed by atoms with van der Waals surface area (Å²) in [5, 5.41) is 29.4. The second kappa shape index (κ2) is 5.81. The van der Waals surface area contributed by atoms with Gasteiger partial charge in [-0.05, 0) is 44.2 Å². The standard InChI is InChI=1S/C18H16O6/c1-9(2)23-11-4-5-12-15(8-11)24-18(17(22)16(12)21)10-3-6-13(19)14(20)7-10/h3-9,19-20,22H,1-2H3. The third-order valence-electron chi connectivity index (χ3n) is 3.45. The van der Waals surface area contributed by atoms with Crippen LogP contribution in [0.3, 0.4) is 0 Å². The SMILES string of the molecule is CC(C)Oc1ccc2c(=O)c(O)c(-c3ccc(O)c(O)c3)oc2c1. The Morgan fingerprint density at radius 3 is 2.42 bits per heavy atom. The van der Waals surface area contributed by atoms with Gasteiger partial charge in [0.25, 0.3) is 0 Å². The Morgan fingerprint density at radius 1 is 1.00 bits per heavy atom. The zero-order valence-corrected chi connectivity index (χ0v) is 13.1. The fourth-order valence-electron chi connectivity index (χ4n) is 2.37. The number of aromatic hydroxyl groups is 3. The summed E-state index contributed by atoms with van der Waals surface area (Å²) in [6, 6.07) is 8.59. The third-order valence-corrected chi connectivity index (χ3v) is 3.45. The van der Waals surface area contributed by atoms with Crippen molar-refractivity contribution in [1.82, 2.24) is 0 Å².